The summed E-state index contributed by atoms with van der Waals surface area (Å²) >= 11 is 0. The summed E-state index contributed by atoms with van der Waals surface area (Å²) < 4.78 is 12.0. The van der Waals surface area contributed by atoms with Crippen LogP contribution in [0.25, 0.3) is 0 Å². The molecule has 0 bridgehead atoms. The zero-order valence-electron chi connectivity index (χ0n) is 12.5. The first-order chi connectivity index (χ1) is 11.0. The van der Waals surface area contributed by atoms with Crippen LogP contribution in [0.15, 0.2) is 18.2 Å². The van der Waals surface area contributed by atoms with Crippen molar-refractivity contribution in [3.8, 4) is 11.5 Å². The minimum absolute atomic E-state index is 0.109. The number of carbonyl (C=O) groups excluding carboxylic acids is 1. The van der Waals surface area contributed by atoms with E-state index in [0.717, 1.165) is 0 Å². The molecule has 9 nitrogen and oxygen atoms in total. The maximum absolute atomic E-state index is 12.4. The number of aromatic nitrogens is 2. The van der Waals surface area contributed by atoms with Gasteiger partial charge in [-0.05, 0) is 19.1 Å². The average Bonchev–Trinajstić information content (AvgIpc) is 2.81. The Kier molecular flexibility index (Phi) is 3.61. The molecule has 3 rings (SSSR count). The minimum atomic E-state index is -0.614. The highest BCUT2D eigenvalue weighted by molar-refractivity contribution is 6.06. The van der Waals surface area contributed by atoms with Crippen molar-refractivity contribution in [2.24, 2.45) is 7.05 Å². The molecule has 0 unspecified atom stereocenters. The first kappa shape index (κ1) is 14.8. The van der Waals surface area contributed by atoms with E-state index in [-0.39, 0.29) is 17.1 Å². The van der Waals surface area contributed by atoms with Crippen LogP contribution < -0.4 is 14.8 Å². The summed E-state index contributed by atoms with van der Waals surface area (Å²) in [5, 5.41) is 17.7. The minimum Gasteiger partial charge on any atom is -0.486 e. The van der Waals surface area contributed by atoms with Gasteiger partial charge in [-0.2, -0.15) is 5.10 Å². The molecule has 120 valence electrons. The standard InChI is InChI=1S/C14H14N4O5/c1-8-12(18(20)21)13(17(2)16-8)14(19)15-9-3-4-10-11(7-9)23-6-5-22-10/h3-4,7H,5-6H2,1-2H3,(H,15,19). The molecule has 1 aliphatic rings. The molecular weight excluding hydrogens is 304 g/mol. The van der Waals surface area contributed by atoms with E-state index >= 15 is 0 Å². The molecule has 1 N–H and O–H groups in total. The third-order valence-electron chi connectivity index (χ3n) is 3.39. The molecule has 0 aliphatic carbocycles. The van der Waals surface area contributed by atoms with Gasteiger partial charge in [-0.25, -0.2) is 0 Å². The van der Waals surface area contributed by atoms with Crippen molar-refractivity contribution < 1.29 is 19.2 Å². The molecule has 2 heterocycles. The van der Waals surface area contributed by atoms with Gasteiger partial charge in [0, 0.05) is 18.8 Å². The number of rotatable bonds is 3. The quantitative estimate of drug-likeness (QED) is 0.681. The Bertz CT molecular complexity index is 799. The zero-order valence-corrected chi connectivity index (χ0v) is 12.5. The van der Waals surface area contributed by atoms with E-state index in [2.05, 4.69) is 10.4 Å². The Morgan fingerprint density at radius 1 is 1.35 bits per heavy atom. The molecule has 0 radical (unpaired) electrons. The predicted octanol–water partition coefficient (Wildman–Crippen LogP) is 1.66. The van der Waals surface area contributed by atoms with Gasteiger partial charge in [-0.1, -0.05) is 0 Å². The number of nitro groups is 1. The largest absolute Gasteiger partial charge is 0.486 e. The van der Waals surface area contributed by atoms with Gasteiger partial charge in [0.1, 0.15) is 18.9 Å². The molecule has 9 heteroatoms. The Morgan fingerprint density at radius 3 is 2.74 bits per heavy atom. The summed E-state index contributed by atoms with van der Waals surface area (Å²) in [6, 6.07) is 4.93. The smallest absolute Gasteiger partial charge is 0.322 e. The molecule has 0 saturated heterocycles. The molecule has 1 amide bonds. The van der Waals surface area contributed by atoms with E-state index in [0.29, 0.717) is 30.4 Å². The molecular formula is C14H14N4O5. The third-order valence-corrected chi connectivity index (χ3v) is 3.39. The molecule has 1 aromatic heterocycles. The van der Waals surface area contributed by atoms with E-state index in [1.165, 1.54) is 18.7 Å². The fraction of sp³-hybridized carbons (Fsp3) is 0.286. The maximum atomic E-state index is 12.4. The van der Waals surface area contributed by atoms with Gasteiger partial charge in [0.15, 0.2) is 11.5 Å². The number of amides is 1. The summed E-state index contributed by atoms with van der Waals surface area (Å²) in [6.45, 7) is 2.38. The lowest BCUT2D eigenvalue weighted by Crippen LogP contribution is -2.18. The lowest BCUT2D eigenvalue weighted by atomic mass is 10.2. The molecule has 0 saturated carbocycles. The topological polar surface area (TPSA) is 109 Å². The Hall–Kier alpha value is -3.10. The molecule has 0 spiro atoms. The van der Waals surface area contributed by atoms with Crippen LogP contribution in [0.4, 0.5) is 11.4 Å². The van der Waals surface area contributed by atoms with Gasteiger partial charge in [-0.3, -0.25) is 19.6 Å². The normalized spacial score (nSPS) is 12.8. The van der Waals surface area contributed by atoms with Gasteiger partial charge in [-0.15, -0.1) is 0 Å². The fourth-order valence-corrected chi connectivity index (χ4v) is 2.43. The zero-order chi connectivity index (χ0) is 16.6. The van der Waals surface area contributed by atoms with Crippen molar-refractivity contribution in [1.29, 1.82) is 0 Å². The number of carbonyl (C=O) groups is 1. The van der Waals surface area contributed by atoms with Crippen LogP contribution in [0.5, 0.6) is 11.5 Å². The number of hydrogen-bond acceptors (Lipinski definition) is 6. The van der Waals surface area contributed by atoms with Crippen LogP contribution in [0.1, 0.15) is 16.2 Å². The molecule has 1 aliphatic heterocycles. The molecule has 2 aromatic rings. The molecule has 1 aromatic carbocycles. The van der Waals surface area contributed by atoms with Gasteiger partial charge >= 0.3 is 5.69 Å². The second kappa shape index (κ2) is 5.59. The van der Waals surface area contributed by atoms with Crippen molar-refractivity contribution in [2.45, 2.75) is 6.92 Å². The second-order valence-electron chi connectivity index (χ2n) is 4.98. The van der Waals surface area contributed by atoms with Crippen molar-refractivity contribution in [3.05, 3.63) is 39.7 Å². The highest BCUT2D eigenvalue weighted by Crippen LogP contribution is 2.33. The number of anilines is 1. The number of fused-ring (bicyclic) bond motifs is 1. The first-order valence-electron chi connectivity index (χ1n) is 6.86. The number of benzene rings is 1. The number of ether oxygens (including phenoxy) is 2. The fourth-order valence-electron chi connectivity index (χ4n) is 2.43. The summed E-state index contributed by atoms with van der Waals surface area (Å²) in [4.78, 5) is 22.9. The van der Waals surface area contributed by atoms with Crippen LogP contribution in [0.2, 0.25) is 0 Å². The van der Waals surface area contributed by atoms with Crippen LogP contribution in [0, 0.1) is 17.0 Å². The SMILES string of the molecule is Cc1nn(C)c(C(=O)Nc2ccc3c(c2)OCCO3)c1[N+](=O)[O-]. The van der Waals surface area contributed by atoms with Gasteiger partial charge in [0.2, 0.25) is 5.69 Å². The predicted molar refractivity (Wildman–Crippen MR) is 80.0 cm³/mol. The third kappa shape index (κ3) is 2.68. The maximum Gasteiger partial charge on any atom is 0.322 e. The van der Waals surface area contributed by atoms with E-state index in [4.69, 9.17) is 9.47 Å². The van der Waals surface area contributed by atoms with E-state index in [9.17, 15) is 14.9 Å². The van der Waals surface area contributed by atoms with Crippen LogP contribution in [-0.2, 0) is 7.05 Å². The van der Waals surface area contributed by atoms with Crippen molar-refractivity contribution in [1.82, 2.24) is 9.78 Å². The van der Waals surface area contributed by atoms with Crippen molar-refractivity contribution in [2.75, 3.05) is 18.5 Å². The Morgan fingerprint density at radius 2 is 2.04 bits per heavy atom. The Balaban J connectivity index is 1.89. The molecule has 0 fully saturated rings. The first-order valence-corrected chi connectivity index (χ1v) is 6.86. The highest BCUT2D eigenvalue weighted by atomic mass is 16.6. The van der Waals surface area contributed by atoms with Crippen LogP contribution in [0.3, 0.4) is 0 Å². The summed E-state index contributed by atoms with van der Waals surface area (Å²) in [5.74, 6) is 0.498. The summed E-state index contributed by atoms with van der Waals surface area (Å²) in [5.41, 5.74) is 0.224. The van der Waals surface area contributed by atoms with E-state index in [1.54, 1.807) is 18.2 Å². The number of nitrogens with zero attached hydrogens (tertiary/aromatic N) is 3. The highest BCUT2D eigenvalue weighted by Gasteiger charge is 2.29. The number of nitrogens with one attached hydrogen (secondary N) is 1. The molecule has 23 heavy (non-hydrogen) atoms. The average molecular weight is 318 g/mol. The van der Waals surface area contributed by atoms with E-state index in [1.807, 2.05) is 0 Å². The van der Waals surface area contributed by atoms with Crippen molar-refractivity contribution >= 4 is 17.3 Å². The summed E-state index contributed by atoms with van der Waals surface area (Å²) in [7, 11) is 1.48. The number of aryl methyl sites for hydroxylation is 2. The lowest BCUT2D eigenvalue weighted by Gasteiger charge is -2.18. The Labute approximate surface area is 131 Å². The summed E-state index contributed by atoms with van der Waals surface area (Å²) in [6.07, 6.45) is 0. The monoisotopic (exact) mass is 318 g/mol. The van der Waals surface area contributed by atoms with E-state index < -0.39 is 10.8 Å². The van der Waals surface area contributed by atoms with Gasteiger partial charge in [0.05, 0.1) is 4.92 Å². The van der Waals surface area contributed by atoms with Crippen LogP contribution in [-0.4, -0.2) is 33.8 Å². The van der Waals surface area contributed by atoms with Gasteiger partial charge in [0.25, 0.3) is 5.91 Å². The second-order valence-corrected chi connectivity index (χ2v) is 4.98. The van der Waals surface area contributed by atoms with Crippen LogP contribution >= 0.6 is 0 Å². The lowest BCUT2D eigenvalue weighted by molar-refractivity contribution is -0.385. The van der Waals surface area contributed by atoms with Gasteiger partial charge < -0.3 is 14.8 Å². The molecule has 0 atom stereocenters. The number of hydrogen-bond donors (Lipinski definition) is 1. The van der Waals surface area contributed by atoms with Crippen molar-refractivity contribution in [3.63, 3.8) is 0 Å².